The van der Waals surface area contributed by atoms with Gasteiger partial charge in [-0.25, -0.2) is 0 Å². The van der Waals surface area contributed by atoms with Crippen molar-refractivity contribution in [3.8, 4) is 0 Å². The molecule has 0 spiro atoms. The molecule has 4 rings (SSSR count). The van der Waals surface area contributed by atoms with Crippen LogP contribution in [0.2, 0.25) is 0 Å². The zero-order valence-corrected chi connectivity index (χ0v) is 15.5. The Kier molecular flexibility index (Phi) is 4.81. The summed E-state index contributed by atoms with van der Waals surface area (Å²) in [6.07, 6.45) is 5.86. The Hall–Kier alpha value is -2.14. The van der Waals surface area contributed by atoms with Crippen molar-refractivity contribution in [2.45, 2.75) is 32.6 Å². The van der Waals surface area contributed by atoms with Crippen LogP contribution in [0.1, 0.15) is 41.6 Å². The van der Waals surface area contributed by atoms with E-state index in [1.165, 1.54) is 0 Å². The van der Waals surface area contributed by atoms with Crippen molar-refractivity contribution in [2.75, 3.05) is 32.7 Å². The number of aromatic amines is 1. The molecule has 0 atom stereocenters. The minimum Gasteiger partial charge on any atom is -0.360 e. The van der Waals surface area contributed by atoms with E-state index in [0.717, 1.165) is 73.9 Å². The van der Waals surface area contributed by atoms with E-state index in [9.17, 15) is 9.59 Å². The fraction of sp³-hybridized carbons (Fsp3) is 0.524. The van der Waals surface area contributed by atoms with Crippen molar-refractivity contribution in [1.82, 2.24) is 14.8 Å². The van der Waals surface area contributed by atoms with Gasteiger partial charge in [0.1, 0.15) is 0 Å². The van der Waals surface area contributed by atoms with E-state index in [4.69, 9.17) is 0 Å². The van der Waals surface area contributed by atoms with Gasteiger partial charge >= 0.3 is 0 Å². The zero-order valence-electron chi connectivity index (χ0n) is 15.5. The number of piperidine rings is 1. The first-order valence-electron chi connectivity index (χ1n) is 9.74. The Bertz CT molecular complexity index is 812. The first kappa shape index (κ1) is 17.3. The number of hydrogen-bond acceptors (Lipinski definition) is 3. The predicted octanol–water partition coefficient (Wildman–Crippen LogP) is 2.99. The molecule has 2 fully saturated rings. The van der Waals surface area contributed by atoms with E-state index < -0.39 is 0 Å². The summed E-state index contributed by atoms with van der Waals surface area (Å²) in [4.78, 5) is 32.8. The first-order valence-corrected chi connectivity index (χ1v) is 9.74. The lowest BCUT2D eigenvalue weighted by Gasteiger charge is -2.32. The number of ketones is 1. The highest BCUT2D eigenvalue weighted by Crippen LogP contribution is 2.25. The number of Topliss-reactive ketones (excluding diaryl/α,β-unsaturated/α-hetero) is 1. The van der Waals surface area contributed by atoms with E-state index in [1.54, 1.807) is 0 Å². The number of nitrogens with zero attached hydrogens (tertiary/aromatic N) is 2. The van der Waals surface area contributed by atoms with E-state index in [0.29, 0.717) is 12.5 Å². The summed E-state index contributed by atoms with van der Waals surface area (Å²) < 4.78 is 0. The number of nitrogens with one attached hydrogen (secondary N) is 1. The Balaban J connectivity index is 1.36. The quantitative estimate of drug-likeness (QED) is 0.860. The number of hydrogen-bond donors (Lipinski definition) is 1. The molecule has 0 saturated carbocycles. The van der Waals surface area contributed by atoms with Crippen LogP contribution in [0, 0.1) is 12.8 Å². The number of amides is 1. The van der Waals surface area contributed by atoms with Crippen molar-refractivity contribution >= 4 is 22.6 Å². The molecule has 3 heterocycles. The summed E-state index contributed by atoms with van der Waals surface area (Å²) in [5.41, 5.74) is 2.93. The maximum atomic E-state index is 12.8. The van der Waals surface area contributed by atoms with Crippen molar-refractivity contribution in [3.05, 3.63) is 35.5 Å². The monoisotopic (exact) mass is 353 g/mol. The van der Waals surface area contributed by atoms with Crippen LogP contribution in [0.25, 0.3) is 10.9 Å². The molecule has 0 unspecified atom stereocenters. The highest BCUT2D eigenvalue weighted by Gasteiger charge is 2.30. The summed E-state index contributed by atoms with van der Waals surface area (Å²) in [7, 11) is 0. The van der Waals surface area contributed by atoms with Gasteiger partial charge in [0.2, 0.25) is 5.91 Å². The van der Waals surface area contributed by atoms with E-state index in [-0.39, 0.29) is 11.7 Å². The van der Waals surface area contributed by atoms with Gasteiger partial charge in [-0.1, -0.05) is 12.1 Å². The topological polar surface area (TPSA) is 56.4 Å². The molecule has 2 aliphatic heterocycles. The minimum absolute atomic E-state index is 0.148. The second-order valence-corrected chi connectivity index (χ2v) is 7.71. The zero-order chi connectivity index (χ0) is 18.1. The van der Waals surface area contributed by atoms with Crippen molar-refractivity contribution in [1.29, 1.82) is 0 Å². The fourth-order valence-corrected chi connectivity index (χ4v) is 4.41. The summed E-state index contributed by atoms with van der Waals surface area (Å²) >= 11 is 0. The lowest BCUT2D eigenvalue weighted by atomic mass is 9.95. The molecule has 1 aromatic carbocycles. The highest BCUT2D eigenvalue weighted by atomic mass is 16.2. The Morgan fingerprint density at radius 3 is 2.58 bits per heavy atom. The standard InChI is InChI=1S/C21H27N3O2/c1-15-5-4-6-18-20(15)17(13-22-18)19(25)14-23-11-7-16(8-12-23)21(26)24-9-2-3-10-24/h4-6,13,16,22H,2-3,7-12,14H2,1H3. The number of aromatic nitrogens is 1. The van der Waals surface area contributed by atoms with Crippen molar-refractivity contribution in [2.24, 2.45) is 5.92 Å². The SMILES string of the molecule is Cc1cccc2[nH]cc(C(=O)CN3CCC(C(=O)N4CCCC4)CC3)c12. The van der Waals surface area contributed by atoms with Gasteiger partial charge in [0.15, 0.2) is 5.78 Å². The molecule has 2 saturated heterocycles. The number of likely N-dealkylation sites (tertiary alicyclic amines) is 2. The number of rotatable bonds is 4. The van der Waals surface area contributed by atoms with E-state index in [2.05, 4.69) is 9.88 Å². The fourth-order valence-electron chi connectivity index (χ4n) is 4.41. The Morgan fingerprint density at radius 2 is 1.85 bits per heavy atom. The summed E-state index contributed by atoms with van der Waals surface area (Å²) in [6.45, 7) is 6.00. The molecule has 1 aromatic heterocycles. The van der Waals surface area contributed by atoms with Crippen molar-refractivity contribution in [3.63, 3.8) is 0 Å². The molecule has 0 aliphatic carbocycles. The maximum Gasteiger partial charge on any atom is 0.225 e. The molecule has 5 nitrogen and oxygen atoms in total. The molecule has 5 heteroatoms. The average Bonchev–Trinajstić information content (AvgIpc) is 3.32. The normalized spacial score (nSPS) is 19.3. The van der Waals surface area contributed by atoms with Crippen LogP contribution in [0.3, 0.4) is 0 Å². The lowest BCUT2D eigenvalue weighted by molar-refractivity contribution is -0.135. The maximum absolute atomic E-state index is 12.8. The van der Waals surface area contributed by atoms with Crippen LogP contribution >= 0.6 is 0 Å². The van der Waals surface area contributed by atoms with Crippen LogP contribution in [0.4, 0.5) is 0 Å². The molecule has 138 valence electrons. The molecule has 2 aromatic rings. The molecule has 0 radical (unpaired) electrons. The van der Waals surface area contributed by atoms with Gasteiger partial charge in [0.25, 0.3) is 0 Å². The summed E-state index contributed by atoms with van der Waals surface area (Å²) in [6, 6.07) is 6.06. The van der Waals surface area contributed by atoms with Gasteiger partial charge in [-0.3, -0.25) is 14.5 Å². The van der Waals surface area contributed by atoms with Crippen LogP contribution in [-0.4, -0.2) is 59.2 Å². The predicted molar refractivity (Wildman–Crippen MR) is 102 cm³/mol. The third kappa shape index (κ3) is 3.28. The average molecular weight is 353 g/mol. The molecule has 0 bridgehead atoms. The molecule has 2 aliphatic rings. The molecule has 1 N–H and O–H groups in total. The number of carbonyl (C=O) groups excluding carboxylic acids is 2. The molecular weight excluding hydrogens is 326 g/mol. The second kappa shape index (κ2) is 7.23. The van der Waals surface area contributed by atoms with Gasteiger partial charge < -0.3 is 9.88 Å². The van der Waals surface area contributed by atoms with Crippen molar-refractivity contribution < 1.29 is 9.59 Å². The lowest BCUT2D eigenvalue weighted by Crippen LogP contribution is -2.43. The minimum atomic E-state index is 0.148. The van der Waals surface area contributed by atoms with Crippen LogP contribution < -0.4 is 0 Å². The highest BCUT2D eigenvalue weighted by molar-refractivity contribution is 6.09. The molecule has 1 amide bonds. The smallest absolute Gasteiger partial charge is 0.225 e. The third-order valence-corrected chi connectivity index (χ3v) is 5.94. The number of benzene rings is 1. The van der Waals surface area contributed by atoms with Gasteiger partial charge in [-0.2, -0.15) is 0 Å². The van der Waals surface area contributed by atoms with Gasteiger partial charge in [-0.05, 0) is 57.3 Å². The van der Waals surface area contributed by atoms with E-state index >= 15 is 0 Å². The van der Waals surface area contributed by atoms with Gasteiger partial charge in [-0.15, -0.1) is 0 Å². The number of H-pyrrole nitrogens is 1. The number of fused-ring (bicyclic) bond motifs is 1. The van der Waals surface area contributed by atoms with Crippen LogP contribution in [0.15, 0.2) is 24.4 Å². The molecule has 26 heavy (non-hydrogen) atoms. The van der Waals surface area contributed by atoms with Crippen LogP contribution in [-0.2, 0) is 4.79 Å². The number of carbonyl (C=O) groups is 2. The Morgan fingerprint density at radius 1 is 1.12 bits per heavy atom. The van der Waals surface area contributed by atoms with Gasteiger partial charge in [0, 0.05) is 41.7 Å². The Labute approximate surface area is 154 Å². The second-order valence-electron chi connectivity index (χ2n) is 7.71. The van der Waals surface area contributed by atoms with E-state index in [1.807, 2.05) is 36.2 Å². The molecular formula is C21H27N3O2. The van der Waals surface area contributed by atoms with Gasteiger partial charge in [0.05, 0.1) is 6.54 Å². The summed E-state index contributed by atoms with van der Waals surface area (Å²) in [5, 5.41) is 1.04. The largest absolute Gasteiger partial charge is 0.360 e. The first-order chi connectivity index (χ1) is 12.6. The summed E-state index contributed by atoms with van der Waals surface area (Å²) in [5.74, 6) is 0.644. The van der Waals surface area contributed by atoms with Crippen LogP contribution in [0.5, 0.6) is 0 Å². The number of aryl methyl sites for hydroxylation is 1. The third-order valence-electron chi connectivity index (χ3n) is 5.94.